The largest absolute Gasteiger partial charge is 0.494 e. The Balaban J connectivity index is 1.51. The van der Waals surface area contributed by atoms with Crippen molar-refractivity contribution in [3.05, 3.63) is 111 Å². The molecule has 1 aliphatic heterocycles. The van der Waals surface area contributed by atoms with Gasteiger partial charge < -0.3 is 14.1 Å². The number of amides is 1. The number of fused-ring (bicyclic) bond motifs is 2. The molecular formula is C31H31NO4. The van der Waals surface area contributed by atoms with Gasteiger partial charge in [-0.05, 0) is 48.7 Å². The Morgan fingerprint density at radius 3 is 2.39 bits per heavy atom. The summed E-state index contributed by atoms with van der Waals surface area (Å²) in [6.45, 7) is 5.28. The maximum Gasteiger partial charge on any atom is 0.291 e. The van der Waals surface area contributed by atoms with E-state index in [0.717, 1.165) is 35.3 Å². The molecule has 0 fully saturated rings. The van der Waals surface area contributed by atoms with E-state index in [-0.39, 0.29) is 17.1 Å². The van der Waals surface area contributed by atoms with Crippen molar-refractivity contribution in [1.82, 2.24) is 4.90 Å². The number of carbonyl (C=O) groups excluding carboxylic acids is 1. The zero-order valence-corrected chi connectivity index (χ0v) is 20.8. The van der Waals surface area contributed by atoms with Crippen LogP contribution < -0.4 is 10.2 Å². The summed E-state index contributed by atoms with van der Waals surface area (Å²) in [7, 11) is 0. The molecule has 0 saturated heterocycles. The third-order valence-electron chi connectivity index (χ3n) is 6.81. The predicted octanol–water partition coefficient (Wildman–Crippen LogP) is 6.81. The van der Waals surface area contributed by atoms with E-state index in [1.807, 2.05) is 61.5 Å². The summed E-state index contributed by atoms with van der Waals surface area (Å²) < 4.78 is 11.9. The summed E-state index contributed by atoms with van der Waals surface area (Å²) in [6, 6.07) is 22.4. The Hall–Kier alpha value is -3.86. The first-order chi connectivity index (χ1) is 17.6. The molecule has 0 spiro atoms. The molecule has 0 saturated carbocycles. The highest BCUT2D eigenvalue weighted by Gasteiger charge is 2.42. The van der Waals surface area contributed by atoms with Gasteiger partial charge in [-0.15, -0.1) is 0 Å². The molecule has 1 amide bonds. The fourth-order valence-electron chi connectivity index (χ4n) is 4.83. The predicted molar refractivity (Wildman–Crippen MR) is 141 cm³/mol. The van der Waals surface area contributed by atoms with E-state index in [9.17, 15) is 9.59 Å². The quantitative estimate of drug-likeness (QED) is 0.247. The van der Waals surface area contributed by atoms with Gasteiger partial charge in [0.2, 0.25) is 5.76 Å². The van der Waals surface area contributed by atoms with Crippen LogP contribution in [0.3, 0.4) is 0 Å². The normalized spacial score (nSPS) is 14.9. The van der Waals surface area contributed by atoms with Crippen molar-refractivity contribution in [2.45, 2.75) is 52.1 Å². The van der Waals surface area contributed by atoms with E-state index in [0.29, 0.717) is 29.7 Å². The molecule has 2 heterocycles. The van der Waals surface area contributed by atoms with Gasteiger partial charge in [-0.25, -0.2) is 0 Å². The molecule has 1 aliphatic rings. The first-order valence-corrected chi connectivity index (χ1v) is 12.7. The van der Waals surface area contributed by atoms with Gasteiger partial charge in [0.25, 0.3) is 5.91 Å². The van der Waals surface area contributed by atoms with Crippen LogP contribution in [0, 0.1) is 6.92 Å². The maximum absolute atomic E-state index is 13.6. The van der Waals surface area contributed by atoms with E-state index >= 15 is 0 Å². The van der Waals surface area contributed by atoms with Crippen LogP contribution in [0.2, 0.25) is 0 Å². The summed E-state index contributed by atoms with van der Waals surface area (Å²) in [5.41, 5.74) is 3.68. The van der Waals surface area contributed by atoms with E-state index < -0.39 is 6.04 Å². The highest BCUT2D eigenvalue weighted by Crippen LogP contribution is 2.39. The van der Waals surface area contributed by atoms with Crippen LogP contribution in [0.15, 0.2) is 82.0 Å². The Morgan fingerprint density at radius 2 is 1.64 bits per heavy atom. The van der Waals surface area contributed by atoms with Crippen molar-refractivity contribution in [3.8, 4) is 5.75 Å². The molecule has 0 aliphatic carbocycles. The van der Waals surface area contributed by atoms with E-state index in [2.05, 4.69) is 6.92 Å². The van der Waals surface area contributed by atoms with Crippen LogP contribution >= 0.6 is 0 Å². The topological polar surface area (TPSA) is 59.8 Å². The third-order valence-corrected chi connectivity index (χ3v) is 6.81. The van der Waals surface area contributed by atoms with E-state index in [4.69, 9.17) is 9.15 Å². The minimum Gasteiger partial charge on any atom is -0.494 e. The molecule has 36 heavy (non-hydrogen) atoms. The molecule has 184 valence electrons. The number of unbranched alkanes of at least 4 members (excludes halogenated alkanes) is 3. The van der Waals surface area contributed by atoms with Crippen LogP contribution in [0.5, 0.6) is 5.75 Å². The highest BCUT2D eigenvalue weighted by atomic mass is 16.5. The molecule has 5 nitrogen and oxygen atoms in total. The minimum absolute atomic E-state index is 0.132. The van der Waals surface area contributed by atoms with Crippen molar-refractivity contribution >= 4 is 16.9 Å². The number of hydrogen-bond acceptors (Lipinski definition) is 4. The first kappa shape index (κ1) is 23.9. The van der Waals surface area contributed by atoms with Crippen LogP contribution in [0.25, 0.3) is 11.0 Å². The molecule has 0 radical (unpaired) electrons. The van der Waals surface area contributed by atoms with Crippen LogP contribution in [-0.4, -0.2) is 17.4 Å². The summed E-state index contributed by atoms with van der Waals surface area (Å²) in [4.78, 5) is 29.0. The van der Waals surface area contributed by atoms with Gasteiger partial charge in [-0.1, -0.05) is 80.3 Å². The van der Waals surface area contributed by atoms with Gasteiger partial charge in [0.05, 0.1) is 23.6 Å². The van der Waals surface area contributed by atoms with Crippen molar-refractivity contribution in [1.29, 1.82) is 0 Å². The van der Waals surface area contributed by atoms with Crippen LogP contribution in [0.1, 0.15) is 71.5 Å². The lowest BCUT2D eigenvalue weighted by atomic mass is 9.98. The summed E-state index contributed by atoms with van der Waals surface area (Å²) in [5.74, 6) is 0.650. The average molecular weight is 482 g/mol. The lowest BCUT2D eigenvalue weighted by Gasteiger charge is -2.25. The number of rotatable bonds is 9. The average Bonchev–Trinajstić information content (AvgIpc) is 3.17. The van der Waals surface area contributed by atoms with Gasteiger partial charge >= 0.3 is 0 Å². The van der Waals surface area contributed by atoms with Crippen molar-refractivity contribution < 1.29 is 13.9 Å². The second kappa shape index (κ2) is 10.4. The zero-order valence-electron chi connectivity index (χ0n) is 20.8. The molecule has 0 N–H and O–H groups in total. The second-order valence-electron chi connectivity index (χ2n) is 9.47. The number of ether oxygens (including phenoxy) is 1. The van der Waals surface area contributed by atoms with Crippen molar-refractivity contribution in [2.24, 2.45) is 0 Å². The fraction of sp³-hybridized carbons (Fsp3) is 0.290. The highest BCUT2D eigenvalue weighted by molar-refractivity contribution is 5.99. The number of benzene rings is 3. The van der Waals surface area contributed by atoms with Gasteiger partial charge in [-0.3, -0.25) is 9.59 Å². The SMILES string of the molecule is CCCCCCOc1ccc(C2c3c(oc4ccccc4c3=O)C(=O)N2Cc2ccc(C)cc2)cc1. The lowest BCUT2D eigenvalue weighted by molar-refractivity contribution is 0.0714. The molecule has 1 aromatic heterocycles. The summed E-state index contributed by atoms with van der Waals surface area (Å²) in [6.07, 6.45) is 4.59. The Kier molecular flexibility index (Phi) is 6.90. The number of para-hydroxylation sites is 1. The van der Waals surface area contributed by atoms with Crippen LogP contribution in [-0.2, 0) is 6.54 Å². The zero-order chi connectivity index (χ0) is 25.1. The summed E-state index contributed by atoms with van der Waals surface area (Å²) in [5, 5.41) is 0.485. The minimum atomic E-state index is -0.534. The molecule has 1 atom stereocenters. The van der Waals surface area contributed by atoms with E-state index in [1.165, 1.54) is 12.8 Å². The molecule has 5 rings (SSSR count). The Bertz CT molecular complexity index is 1420. The van der Waals surface area contributed by atoms with Gasteiger partial charge in [0.15, 0.2) is 5.43 Å². The first-order valence-electron chi connectivity index (χ1n) is 12.7. The number of carbonyl (C=O) groups is 1. The maximum atomic E-state index is 13.6. The van der Waals surface area contributed by atoms with Crippen molar-refractivity contribution in [2.75, 3.05) is 6.61 Å². The smallest absolute Gasteiger partial charge is 0.291 e. The molecule has 3 aromatic carbocycles. The van der Waals surface area contributed by atoms with Gasteiger partial charge in [-0.2, -0.15) is 0 Å². The Morgan fingerprint density at radius 1 is 0.889 bits per heavy atom. The van der Waals surface area contributed by atoms with Crippen LogP contribution in [0.4, 0.5) is 0 Å². The molecular weight excluding hydrogens is 450 g/mol. The molecule has 5 heteroatoms. The Labute approximate surface area is 211 Å². The monoisotopic (exact) mass is 481 g/mol. The number of aryl methyl sites for hydroxylation is 1. The second-order valence-corrected chi connectivity index (χ2v) is 9.47. The molecule has 1 unspecified atom stereocenters. The van der Waals surface area contributed by atoms with Gasteiger partial charge in [0, 0.05) is 6.54 Å². The number of hydrogen-bond donors (Lipinski definition) is 0. The lowest BCUT2D eigenvalue weighted by Crippen LogP contribution is -2.29. The van der Waals surface area contributed by atoms with E-state index in [1.54, 1.807) is 23.1 Å². The third kappa shape index (κ3) is 4.66. The van der Waals surface area contributed by atoms with Crippen molar-refractivity contribution in [3.63, 3.8) is 0 Å². The molecule has 0 bridgehead atoms. The fourth-order valence-corrected chi connectivity index (χ4v) is 4.83. The standard InChI is InChI=1S/C31H31NO4/c1-3-4-5-8-19-35-24-17-15-23(16-18-24)28-27-29(33)25-9-6-7-10-26(25)36-30(27)31(34)32(28)20-22-13-11-21(2)12-14-22/h6-7,9-18,28H,3-5,8,19-20H2,1-2H3. The van der Waals surface area contributed by atoms with Gasteiger partial charge in [0.1, 0.15) is 11.3 Å². The molecule has 4 aromatic rings. The number of nitrogens with zero attached hydrogens (tertiary/aromatic N) is 1. The summed E-state index contributed by atoms with van der Waals surface area (Å²) >= 11 is 0.